The average Bonchev–Trinajstić information content (AvgIpc) is 2.82. The van der Waals surface area contributed by atoms with Crippen molar-refractivity contribution >= 4 is 16.7 Å². The second-order valence-corrected chi connectivity index (χ2v) is 7.71. The topological polar surface area (TPSA) is 29.5 Å². The van der Waals surface area contributed by atoms with Gasteiger partial charge in [0.25, 0.3) is 5.91 Å². The van der Waals surface area contributed by atoms with Gasteiger partial charge in [-0.05, 0) is 46.5 Å². The van der Waals surface area contributed by atoms with E-state index in [0.717, 1.165) is 28.5 Å². The van der Waals surface area contributed by atoms with Crippen LogP contribution in [0.4, 0.5) is 0 Å². The molecule has 0 bridgehead atoms. The molecule has 1 heterocycles. The summed E-state index contributed by atoms with van der Waals surface area (Å²) < 4.78 is 6.07. The lowest BCUT2D eigenvalue weighted by Crippen LogP contribution is -2.47. The van der Waals surface area contributed by atoms with E-state index in [1.165, 1.54) is 11.1 Å². The highest BCUT2D eigenvalue weighted by atomic mass is 16.5. The van der Waals surface area contributed by atoms with Crippen molar-refractivity contribution in [3.8, 4) is 5.75 Å². The molecule has 0 spiro atoms. The van der Waals surface area contributed by atoms with Crippen molar-refractivity contribution in [1.29, 1.82) is 0 Å². The molecule has 1 unspecified atom stereocenters. The number of fused-ring (bicyclic) bond motifs is 2. The summed E-state index contributed by atoms with van der Waals surface area (Å²) in [7, 11) is 0. The first-order chi connectivity index (χ1) is 14.8. The van der Waals surface area contributed by atoms with Gasteiger partial charge in [0.05, 0.1) is 6.04 Å². The fourth-order valence-corrected chi connectivity index (χ4v) is 4.25. The highest BCUT2D eigenvalue weighted by Gasteiger charge is 2.31. The molecule has 1 amide bonds. The van der Waals surface area contributed by atoms with Crippen molar-refractivity contribution in [3.05, 3.63) is 114 Å². The van der Waals surface area contributed by atoms with Gasteiger partial charge >= 0.3 is 0 Å². The third kappa shape index (κ3) is 3.55. The van der Waals surface area contributed by atoms with E-state index >= 15 is 0 Å². The van der Waals surface area contributed by atoms with Crippen molar-refractivity contribution < 1.29 is 9.53 Å². The number of carbonyl (C=O) groups is 1. The van der Waals surface area contributed by atoms with Gasteiger partial charge in [-0.25, -0.2) is 0 Å². The SMILES string of the molecule is O=C(c1cccc2ccccc12)N1Cc2ccccc2CC1COc1ccccc1. The summed E-state index contributed by atoms with van der Waals surface area (Å²) in [4.78, 5) is 15.7. The minimum Gasteiger partial charge on any atom is -0.491 e. The molecule has 5 rings (SSSR count). The van der Waals surface area contributed by atoms with E-state index in [1.54, 1.807) is 0 Å². The van der Waals surface area contributed by atoms with Gasteiger partial charge < -0.3 is 9.64 Å². The molecule has 4 aromatic carbocycles. The van der Waals surface area contributed by atoms with Crippen LogP contribution in [0.5, 0.6) is 5.75 Å². The first-order valence-corrected chi connectivity index (χ1v) is 10.3. The second kappa shape index (κ2) is 8.03. The molecule has 3 heteroatoms. The Bertz CT molecular complexity index is 1180. The minimum absolute atomic E-state index is 0.0217. The predicted octanol–water partition coefficient (Wildman–Crippen LogP) is 5.49. The lowest BCUT2D eigenvalue weighted by molar-refractivity contribution is 0.0568. The van der Waals surface area contributed by atoms with Crippen LogP contribution < -0.4 is 4.74 Å². The molecule has 1 aliphatic rings. The fraction of sp³-hybridized carbons (Fsp3) is 0.148. The standard InChI is InChI=1S/C27H23NO2/c29-27(26-16-8-12-20-9-6-7-15-25(20)26)28-18-22-11-5-4-10-21(22)17-23(28)19-30-24-13-2-1-3-14-24/h1-16,23H,17-19H2. The Hall–Kier alpha value is -3.59. The Balaban J connectivity index is 1.48. The number of benzene rings is 4. The normalized spacial score (nSPS) is 15.6. The maximum atomic E-state index is 13.7. The van der Waals surface area contributed by atoms with E-state index in [9.17, 15) is 4.79 Å². The van der Waals surface area contributed by atoms with E-state index in [-0.39, 0.29) is 11.9 Å². The van der Waals surface area contributed by atoms with Gasteiger partial charge in [-0.15, -0.1) is 0 Å². The lowest BCUT2D eigenvalue weighted by Gasteiger charge is -2.37. The van der Waals surface area contributed by atoms with Crippen LogP contribution >= 0.6 is 0 Å². The van der Waals surface area contributed by atoms with Crippen LogP contribution in [-0.2, 0) is 13.0 Å². The second-order valence-electron chi connectivity index (χ2n) is 7.71. The van der Waals surface area contributed by atoms with Crippen molar-refractivity contribution in [2.24, 2.45) is 0 Å². The number of nitrogens with zero attached hydrogens (tertiary/aromatic N) is 1. The Morgan fingerprint density at radius 3 is 2.37 bits per heavy atom. The number of rotatable bonds is 4. The Morgan fingerprint density at radius 1 is 0.800 bits per heavy atom. The third-order valence-corrected chi connectivity index (χ3v) is 5.82. The number of para-hydroxylation sites is 1. The van der Waals surface area contributed by atoms with Crippen LogP contribution in [0.25, 0.3) is 10.8 Å². The number of hydrogen-bond acceptors (Lipinski definition) is 2. The zero-order valence-electron chi connectivity index (χ0n) is 16.7. The van der Waals surface area contributed by atoms with Gasteiger partial charge in [-0.2, -0.15) is 0 Å². The molecule has 0 fully saturated rings. The summed E-state index contributed by atoms with van der Waals surface area (Å²) in [6.45, 7) is 1.07. The summed E-state index contributed by atoms with van der Waals surface area (Å²) >= 11 is 0. The van der Waals surface area contributed by atoms with Crippen LogP contribution in [0.1, 0.15) is 21.5 Å². The zero-order chi connectivity index (χ0) is 20.3. The molecule has 3 nitrogen and oxygen atoms in total. The Labute approximate surface area is 176 Å². The highest BCUT2D eigenvalue weighted by Crippen LogP contribution is 2.28. The first kappa shape index (κ1) is 18.4. The summed E-state index contributed by atoms with van der Waals surface area (Å²) in [6.07, 6.45) is 0.791. The number of amides is 1. The molecule has 1 atom stereocenters. The first-order valence-electron chi connectivity index (χ1n) is 10.3. The Kier molecular flexibility index (Phi) is 4.94. The van der Waals surface area contributed by atoms with E-state index in [2.05, 4.69) is 18.2 Å². The molecule has 1 aliphatic heterocycles. The van der Waals surface area contributed by atoms with Crippen LogP contribution in [0.2, 0.25) is 0 Å². The molecule has 4 aromatic rings. The van der Waals surface area contributed by atoms with Gasteiger partial charge in [0.15, 0.2) is 0 Å². The van der Waals surface area contributed by atoms with Crippen molar-refractivity contribution in [1.82, 2.24) is 4.90 Å². The summed E-state index contributed by atoms with van der Waals surface area (Å²) in [5, 5.41) is 2.07. The lowest BCUT2D eigenvalue weighted by atomic mass is 9.93. The van der Waals surface area contributed by atoms with Gasteiger partial charge in [0, 0.05) is 12.1 Å². The van der Waals surface area contributed by atoms with Crippen molar-refractivity contribution in [2.75, 3.05) is 6.61 Å². The van der Waals surface area contributed by atoms with Crippen LogP contribution in [-0.4, -0.2) is 23.5 Å². The maximum Gasteiger partial charge on any atom is 0.255 e. The predicted molar refractivity (Wildman–Crippen MR) is 120 cm³/mol. The summed E-state index contributed by atoms with van der Waals surface area (Å²) in [5.74, 6) is 0.886. The molecule has 0 N–H and O–H groups in total. The summed E-state index contributed by atoms with van der Waals surface area (Å²) in [6, 6.07) is 32.2. The molecule has 0 radical (unpaired) electrons. The minimum atomic E-state index is -0.0217. The van der Waals surface area contributed by atoms with E-state index < -0.39 is 0 Å². The van der Waals surface area contributed by atoms with E-state index in [0.29, 0.717) is 13.2 Å². The largest absolute Gasteiger partial charge is 0.491 e. The zero-order valence-corrected chi connectivity index (χ0v) is 16.7. The van der Waals surface area contributed by atoms with Gasteiger partial charge in [0.1, 0.15) is 12.4 Å². The van der Waals surface area contributed by atoms with Gasteiger partial charge in [-0.3, -0.25) is 4.79 Å². The molecular weight excluding hydrogens is 370 g/mol. The molecule has 0 aliphatic carbocycles. The van der Waals surface area contributed by atoms with Crippen LogP contribution in [0.15, 0.2) is 97.1 Å². The van der Waals surface area contributed by atoms with E-state index in [1.807, 2.05) is 83.8 Å². The molecule has 148 valence electrons. The molecule has 0 aromatic heterocycles. The van der Waals surface area contributed by atoms with Crippen LogP contribution in [0.3, 0.4) is 0 Å². The average molecular weight is 393 g/mol. The van der Waals surface area contributed by atoms with Crippen LogP contribution in [0, 0.1) is 0 Å². The van der Waals surface area contributed by atoms with Gasteiger partial charge in [0.2, 0.25) is 0 Å². The Morgan fingerprint density at radius 2 is 1.50 bits per heavy atom. The number of ether oxygens (including phenoxy) is 1. The maximum absolute atomic E-state index is 13.7. The van der Waals surface area contributed by atoms with Crippen molar-refractivity contribution in [2.45, 2.75) is 19.0 Å². The monoisotopic (exact) mass is 393 g/mol. The number of hydrogen-bond donors (Lipinski definition) is 0. The number of carbonyl (C=O) groups excluding carboxylic acids is 1. The smallest absolute Gasteiger partial charge is 0.255 e. The molecule has 0 saturated heterocycles. The fourth-order valence-electron chi connectivity index (χ4n) is 4.25. The van der Waals surface area contributed by atoms with Gasteiger partial charge in [-0.1, -0.05) is 78.9 Å². The molecule has 30 heavy (non-hydrogen) atoms. The van der Waals surface area contributed by atoms with Crippen molar-refractivity contribution in [3.63, 3.8) is 0 Å². The summed E-state index contributed by atoms with van der Waals surface area (Å²) in [5.41, 5.74) is 3.25. The molecule has 0 saturated carbocycles. The van der Waals surface area contributed by atoms with E-state index in [4.69, 9.17) is 4.74 Å². The third-order valence-electron chi connectivity index (χ3n) is 5.82. The molecular formula is C27H23NO2. The highest BCUT2D eigenvalue weighted by molar-refractivity contribution is 6.07. The quantitative estimate of drug-likeness (QED) is 0.459.